The summed E-state index contributed by atoms with van der Waals surface area (Å²) in [5, 5.41) is 63.9. The Morgan fingerprint density at radius 1 is 0.967 bits per heavy atom. The van der Waals surface area contributed by atoms with E-state index in [0.29, 0.717) is 0 Å². The van der Waals surface area contributed by atoms with Gasteiger partial charge in [0, 0.05) is 12.2 Å². The van der Waals surface area contributed by atoms with E-state index >= 15 is 0 Å². The molecule has 0 rings (SSSR count). The van der Waals surface area contributed by atoms with Crippen molar-refractivity contribution in [1.29, 1.82) is 0 Å². The van der Waals surface area contributed by atoms with Crippen LogP contribution in [0.15, 0.2) is 0 Å². The number of carbonyl (C=O) groups excluding carboxylic acids is 2. The van der Waals surface area contributed by atoms with Crippen LogP contribution in [0.5, 0.6) is 0 Å². The van der Waals surface area contributed by atoms with Crippen LogP contribution in [0.25, 0.3) is 0 Å². The molecule has 0 aliphatic heterocycles. The van der Waals surface area contributed by atoms with Gasteiger partial charge in [-0.15, -0.1) is 0 Å². The molecule has 0 bridgehead atoms. The molecule has 0 spiro atoms. The third-order valence-electron chi connectivity index (χ3n) is 3.41. The summed E-state index contributed by atoms with van der Waals surface area (Å²) in [5.74, 6) is -3.70. The van der Waals surface area contributed by atoms with E-state index in [9.17, 15) is 19.2 Å². The summed E-state index contributed by atoms with van der Waals surface area (Å²) in [6, 6.07) is -2.15. The van der Waals surface area contributed by atoms with E-state index in [1.807, 2.05) is 0 Å². The van der Waals surface area contributed by atoms with Crippen LogP contribution in [0.1, 0.15) is 12.8 Å². The molecule has 0 aromatic carbocycles. The van der Waals surface area contributed by atoms with Crippen LogP contribution in [0, 0.1) is 0 Å². The number of rotatable bonds is 13. The van der Waals surface area contributed by atoms with Crippen LogP contribution >= 0.6 is 12.6 Å². The summed E-state index contributed by atoms with van der Waals surface area (Å²) >= 11 is 3.87. The monoisotopic (exact) mass is 459 g/mol. The normalized spacial score (nSPS) is 15.4. The molecule has 0 saturated heterocycles. The van der Waals surface area contributed by atoms with E-state index in [1.165, 1.54) is 0 Å². The van der Waals surface area contributed by atoms with Crippen molar-refractivity contribution >= 4 is 36.4 Å². The van der Waals surface area contributed by atoms with Gasteiger partial charge in [0.1, 0.15) is 36.9 Å². The zero-order valence-corrected chi connectivity index (χ0v) is 16.8. The second-order valence-corrected chi connectivity index (χ2v) is 6.25. The molecule has 4 atom stereocenters. The maximum absolute atomic E-state index is 11.5. The Morgan fingerprint density at radius 3 is 1.83 bits per heavy atom. The minimum Gasteiger partial charge on any atom is -0.480 e. The number of aliphatic hydroxyl groups is 5. The van der Waals surface area contributed by atoms with Gasteiger partial charge < -0.3 is 52.1 Å². The van der Waals surface area contributed by atoms with Gasteiger partial charge in [-0.05, 0) is 6.42 Å². The molecule has 0 radical (unpaired) electrons. The summed E-state index contributed by atoms with van der Waals surface area (Å²) in [7, 11) is 0. The lowest BCUT2D eigenvalue weighted by atomic mass is 10.1. The van der Waals surface area contributed by atoms with E-state index in [4.69, 9.17) is 41.5 Å². The molecule has 0 heterocycles. The second-order valence-electron chi connectivity index (χ2n) is 5.89. The first kappa shape index (κ1) is 30.2. The van der Waals surface area contributed by atoms with E-state index in [0.717, 1.165) is 0 Å². The van der Waals surface area contributed by atoms with Gasteiger partial charge in [-0.2, -0.15) is 12.6 Å². The molecular weight excluding hydrogens is 430 g/mol. The highest BCUT2D eigenvalue weighted by molar-refractivity contribution is 7.80. The predicted octanol–water partition coefficient (Wildman–Crippen LogP) is -5.15. The van der Waals surface area contributed by atoms with Gasteiger partial charge in [0.15, 0.2) is 0 Å². The third kappa shape index (κ3) is 14.0. The van der Waals surface area contributed by atoms with Crippen LogP contribution in [-0.4, -0.2) is 115 Å². The number of aliphatic carboxylic acids is 2. The first-order valence-electron chi connectivity index (χ1n) is 8.55. The van der Waals surface area contributed by atoms with Crippen molar-refractivity contribution in [3.05, 3.63) is 0 Å². The highest BCUT2D eigenvalue weighted by Gasteiger charge is 2.23. The number of hydrogen-bond acceptors (Lipinski definition) is 11. The zero-order valence-electron chi connectivity index (χ0n) is 15.9. The number of thiol groups is 1. The molecule has 0 aromatic rings. The van der Waals surface area contributed by atoms with Crippen molar-refractivity contribution in [2.75, 3.05) is 25.5 Å². The molecule has 14 nitrogen and oxygen atoms in total. The van der Waals surface area contributed by atoms with Crippen molar-refractivity contribution in [3.63, 3.8) is 0 Å². The smallest absolute Gasteiger partial charge is 0.322 e. The first-order valence-corrected chi connectivity index (χ1v) is 9.18. The fraction of sp³-hybridized carbons (Fsp3) is 0.733. The number of amides is 2. The van der Waals surface area contributed by atoms with Crippen molar-refractivity contribution in [1.82, 2.24) is 10.6 Å². The number of carbonyl (C=O) groups is 4. The fourth-order valence-corrected chi connectivity index (χ4v) is 1.89. The van der Waals surface area contributed by atoms with Crippen molar-refractivity contribution < 1.29 is 54.9 Å². The van der Waals surface area contributed by atoms with E-state index in [-0.39, 0.29) is 18.6 Å². The summed E-state index contributed by atoms with van der Waals surface area (Å²) < 4.78 is 0. The van der Waals surface area contributed by atoms with Gasteiger partial charge in [-0.25, -0.2) is 0 Å². The number of carboxylic acid groups (broad SMARTS) is 2. The molecule has 2 amide bonds. The number of carboxylic acids is 2. The lowest BCUT2D eigenvalue weighted by molar-refractivity contribution is -0.139. The first-order chi connectivity index (χ1) is 13.9. The Labute approximate surface area is 177 Å². The molecule has 176 valence electrons. The Bertz CT molecular complexity index is 542. The van der Waals surface area contributed by atoms with Crippen LogP contribution in [0.3, 0.4) is 0 Å². The van der Waals surface area contributed by atoms with E-state index < -0.39 is 73.9 Å². The van der Waals surface area contributed by atoms with Gasteiger partial charge in [-0.3, -0.25) is 19.2 Å². The quantitative estimate of drug-likeness (QED) is 0.115. The van der Waals surface area contributed by atoms with Gasteiger partial charge in [0.25, 0.3) is 0 Å². The summed E-state index contributed by atoms with van der Waals surface area (Å²) in [6.45, 7) is -1.85. The number of nitrogens with two attached hydrogens (primary N) is 1. The number of nitrogens with one attached hydrogen (secondary N) is 2. The van der Waals surface area contributed by atoms with Crippen molar-refractivity contribution in [3.8, 4) is 0 Å². The van der Waals surface area contributed by atoms with E-state index in [1.54, 1.807) is 0 Å². The Kier molecular flexibility index (Phi) is 16.9. The number of hydrogen-bond donors (Lipinski definition) is 11. The minimum absolute atomic E-state index is 0.0256. The Hall–Kier alpha value is -2.01. The van der Waals surface area contributed by atoms with Gasteiger partial charge in [-0.1, -0.05) is 0 Å². The number of aliphatic hydroxyl groups excluding tert-OH is 5. The van der Waals surface area contributed by atoms with Gasteiger partial charge in [0.2, 0.25) is 11.8 Å². The maximum Gasteiger partial charge on any atom is 0.322 e. The molecule has 4 unspecified atom stereocenters. The largest absolute Gasteiger partial charge is 0.480 e. The maximum atomic E-state index is 11.5. The minimum atomic E-state index is -1.49. The molecular formula is C15H29N3O11S. The van der Waals surface area contributed by atoms with Crippen LogP contribution in [0.2, 0.25) is 0 Å². The lowest BCUT2D eigenvalue weighted by Crippen LogP contribution is -2.49. The summed E-state index contributed by atoms with van der Waals surface area (Å²) in [4.78, 5) is 43.7. The molecule has 11 N–H and O–H groups in total. The van der Waals surface area contributed by atoms with Crippen LogP contribution < -0.4 is 16.4 Å². The molecule has 30 heavy (non-hydrogen) atoms. The Balaban J connectivity index is 0. The van der Waals surface area contributed by atoms with Crippen molar-refractivity contribution in [2.45, 2.75) is 43.2 Å². The van der Waals surface area contributed by atoms with Gasteiger partial charge in [0.05, 0.1) is 13.2 Å². The Morgan fingerprint density at radius 2 is 1.47 bits per heavy atom. The molecule has 15 heteroatoms. The van der Waals surface area contributed by atoms with Crippen molar-refractivity contribution in [2.24, 2.45) is 5.73 Å². The molecule has 0 fully saturated rings. The van der Waals surface area contributed by atoms with Crippen LogP contribution in [0.4, 0.5) is 0 Å². The molecule has 0 aliphatic rings. The summed E-state index contributed by atoms with van der Waals surface area (Å²) in [5.41, 5.74) is 5.23. The summed E-state index contributed by atoms with van der Waals surface area (Å²) in [6.07, 6.45) is -4.53. The SMILES string of the molecule is NC(CCC(=O)NC(CS)C(=O)NCC(=O)O)C(=O)O.OCC(O)C(O)C(O)CO. The standard InChI is InChI=1S/C10H17N3O6S.C5H12O5/c11-5(10(18)19)1-2-7(14)13-6(4-20)9(17)12-3-8(15)16;6-1-3(8)5(10)4(9)2-7/h5-6,20H,1-4,11H2,(H,12,17)(H,13,14)(H,15,16)(H,18,19);3-10H,1-2H2. The van der Waals surface area contributed by atoms with Gasteiger partial charge >= 0.3 is 11.9 Å². The average Bonchev–Trinajstić information content (AvgIpc) is 2.72. The fourth-order valence-electron chi connectivity index (χ4n) is 1.63. The van der Waals surface area contributed by atoms with Crippen LogP contribution in [-0.2, 0) is 19.2 Å². The predicted molar refractivity (Wildman–Crippen MR) is 103 cm³/mol. The third-order valence-corrected chi connectivity index (χ3v) is 3.78. The highest BCUT2D eigenvalue weighted by atomic mass is 32.1. The lowest BCUT2D eigenvalue weighted by Gasteiger charge is -2.19. The molecule has 0 saturated carbocycles. The molecule has 0 aromatic heterocycles. The topological polar surface area (TPSA) is 260 Å². The second kappa shape index (κ2) is 16.8. The molecule has 0 aliphatic carbocycles. The van der Waals surface area contributed by atoms with E-state index in [2.05, 4.69) is 23.3 Å². The average molecular weight is 459 g/mol. The highest BCUT2D eigenvalue weighted by Crippen LogP contribution is 1.98. The zero-order chi connectivity index (χ0) is 23.9.